The van der Waals surface area contributed by atoms with Crippen LogP contribution in [0.15, 0.2) is 24.8 Å². The highest BCUT2D eigenvalue weighted by Gasteiger charge is 2.14. The first kappa shape index (κ1) is 15.3. The predicted molar refractivity (Wildman–Crippen MR) is 91.1 cm³/mol. The maximum atomic E-state index is 3.85. The van der Waals surface area contributed by atoms with E-state index in [1.165, 1.54) is 28.9 Å². The van der Waals surface area contributed by atoms with E-state index in [0.29, 0.717) is 0 Å². The molecule has 0 spiro atoms. The zero-order valence-corrected chi connectivity index (χ0v) is 13.7. The molecule has 0 amide bonds. The number of hydrogen-bond acceptors (Lipinski definition) is 0. The number of aromatic nitrogens is 1. The van der Waals surface area contributed by atoms with E-state index in [2.05, 4.69) is 77.3 Å². The molecule has 98 valence electrons. The first-order valence-corrected chi connectivity index (χ1v) is 7.44. The SMILES string of the molecule is C=CCc1c(/C=C\C)c(C)c(/C=C\CCC)n1I. The highest BCUT2D eigenvalue weighted by atomic mass is 127. The second kappa shape index (κ2) is 7.62. The van der Waals surface area contributed by atoms with Gasteiger partial charge in [0.2, 0.25) is 0 Å². The van der Waals surface area contributed by atoms with Crippen LogP contribution in [0.4, 0.5) is 0 Å². The van der Waals surface area contributed by atoms with Crippen LogP contribution in [0, 0.1) is 6.92 Å². The van der Waals surface area contributed by atoms with Gasteiger partial charge in [-0.15, -0.1) is 6.58 Å². The van der Waals surface area contributed by atoms with Crippen LogP contribution in [-0.4, -0.2) is 2.78 Å². The van der Waals surface area contributed by atoms with Crippen molar-refractivity contribution >= 4 is 35.0 Å². The van der Waals surface area contributed by atoms with Crippen LogP contribution in [0.2, 0.25) is 0 Å². The molecule has 0 aliphatic rings. The highest BCUT2D eigenvalue weighted by molar-refractivity contribution is 14.1. The molecule has 1 heterocycles. The summed E-state index contributed by atoms with van der Waals surface area (Å²) in [4.78, 5) is 0. The monoisotopic (exact) mass is 355 g/mol. The average molecular weight is 355 g/mol. The molecule has 0 N–H and O–H groups in total. The van der Waals surface area contributed by atoms with Gasteiger partial charge in [0, 0.05) is 12.1 Å². The molecular weight excluding hydrogens is 333 g/mol. The second-order valence-electron chi connectivity index (χ2n) is 4.34. The Morgan fingerprint density at radius 1 is 1.33 bits per heavy atom. The summed E-state index contributed by atoms with van der Waals surface area (Å²) >= 11 is 2.39. The number of nitrogens with zero attached hydrogens (tertiary/aromatic N) is 1. The van der Waals surface area contributed by atoms with Gasteiger partial charge >= 0.3 is 0 Å². The van der Waals surface area contributed by atoms with E-state index in [9.17, 15) is 0 Å². The van der Waals surface area contributed by atoms with Crippen molar-refractivity contribution in [3.05, 3.63) is 47.3 Å². The summed E-state index contributed by atoms with van der Waals surface area (Å²) in [5, 5.41) is 0. The second-order valence-corrected chi connectivity index (χ2v) is 5.30. The molecule has 0 bridgehead atoms. The molecule has 0 saturated carbocycles. The van der Waals surface area contributed by atoms with Gasteiger partial charge in [0.05, 0.1) is 28.6 Å². The minimum absolute atomic E-state index is 0.908. The van der Waals surface area contributed by atoms with Crippen molar-refractivity contribution in [3.8, 4) is 0 Å². The van der Waals surface area contributed by atoms with E-state index < -0.39 is 0 Å². The maximum absolute atomic E-state index is 3.85. The van der Waals surface area contributed by atoms with Crippen molar-refractivity contribution in [2.24, 2.45) is 0 Å². The van der Waals surface area contributed by atoms with Gasteiger partial charge in [-0.25, -0.2) is 0 Å². The van der Waals surface area contributed by atoms with Crippen LogP contribution in [0.1, 0.15) is 49.2 Å². The Morgan fingerprint density at radius 2 is 2.06 bits per heavy atom. The molecule has 0 atom stereocenters. The summed E-state index contributed by atoms with van der Waals surface area (Å²) < 4.78 is 2.26. The van der Waals surface area contributed by atoms with E-state index >= 15 is 0 Å². The fourth-order valence-electron chi connectivity index (χ4n) is 2.02. The lowest BCUT2D eigenvalue weighted by Gasteiger charge is -2.01. The molecule has 1 nitrogen and oxygen atoms in total. The summed E-state index contributed by atoms with van der Waals surface area (Å²) in [6, 6.07) is 0. The third-order valence-corrected chi connectivity index (χ3v) is 4.05. The van der Waals surface area contributed by atoms with Crippen molar-refractivity contribution < 1.29 is 0 Å². The van der Waals surface area contributed by atoms with E-state index in [1.807, 2.05) is 6.08 Å². The van der Waals surface area contributed by atoms with E-state index in [0.717, 1.165) is 12.8 Å². The smallest absolute Gasteiger partial charge is 0.0643 e. The third-order valence-electron chi connectivity index (χ3n) is 2.95. The molecule has 0 saturated heterocycles. The standard InChI is InChI=1S/C16H22IN/c1-5-8-9-12-15-13(4)14(10-6-2)16(11-7-3)18(15)17/h6-7,9-10,12H,3,5,8,11H2,1-2,4H3/b10-6-,12-9-. The summed E-state index contributed by atoms with van der Waals surface area (Å²) in [5.41, 5.74) is 5.32. The molecule has 1 aromatic heterocycles. The minimum Gasteiger partial charge on any atom is -0.286 e. The molecule has 1 aromatic rings. The fraction of sp³-hybridized carbons (Fsp3) is 0.375. The normalized spacial score (nSPS) is 11.8. The van der Waals surface area contributed by atoms with E-state index in [-0.39, 0.29) is 0 Å². The number of rotatable bonds is 6. The third kappa shape index (κ3) is 3.37. The Morgan fingerprint density at radius 3 is 2.61 bits per heavy atom. The Labute approximate surface area is 125 Å². The molecule has 1 rings (SSSR count). The quantitative estimate of drug-likeness (QED) is 0.464. The van der Waals surface area contributed by atoms with Gasteiger partial charge in [-0.1, -0.05) is 37.6 Å². The number of unbranched alkanes of at least 4 members (excludes halogenated alkanes) is 1. The van der Waals surface area contributed by atoms with Gasteiger partial charge in [-0.2, -0.15) is 0 Å². The zero-order chi connectivity index (χ0) is 13.5. The zero-order valence-electron chi connectivity index (χ0n) is 11.5. The number of hydrogen-bond donors (Lipinski definition) is 0. The van der Waals surface area contributed by atoms with Crippen molar-refractivity contribution in [2.75, 3.05) is 0 Å². The Hall–Kier alpha value is -0.770. The molecule has 18 heavy (non-hydrogen) atoms. The van der Waals surface area contributed by atoms with Crippen molar-refractivity contribution in [3.63, 3.8) is 0 Å². The van der Waals surface area contributed by atoms with Crippen LogP contribution in [-0.2, 0) is 6.42 Å². The van der Waals surface area contributed by atoms with Gasteiger partial charge in [0.1, 0.15) is 0 Å². The number of halogens is 1. The molecule has 0 radical (unpaired) electrons. The molecule has 0 fully saturated rings. The van der Waals surface area contributed by atoms with Gasteiger partial charge < -0.3 is 0 Å². The van der Waals surface area contributed by atoms with Crippen molar-refractivity contribution in [1.82, 2.24) is 2.78 Å². The van der Waals surface area contributed by atoms with Crippen LogP contribution in [0.3, 0.4) is 0 Å². The summed E-state index contributed by atoms with van der Waals surface area (Å²) in [5.74, 6) is 0. The number of allylic oxidation sites excluding steroid dienone is 3. The molecule has 0 aliphatic heterocycles. The Bertz CT molecular complexity index is 464. The Kier molecular flexibility index (Phi) is 6.47. The Balaban J connectivity index is 3.26. The van der Waals surface area contributed by atoms with Crippen molar-refractivity contribution in [1.29, 1.82) is 0 Å². The molecular formula is C16H22IN. The van der Waals surface area contributed by atoms with Gasteiger partial charge in [0.15, 0.2) is 0 Å². The molecule has 0 aromatic carbocycles. The molecule has 0 unspecified atom stereocenters. The first-order chi connectivity index (χ1) is 8.67. The van der Waals surface area contributed by atoms with E-state index in [4.69, 9.17) is 0 Å². The van der Waals surface area contributed by atoms with Crippen LogP contribution >= 0.6 is 22.9 Å². The predicted octanol–water partition coefficient (Wildman–Crippen LogP) is 5.57. The summed E-state index contributed by atoms with van der Waals surface area (Å²) in [6.45, 7) is 10.3. The maximum Gasteiger partial charge on any atom is 0.0643 e. The van der Waals surface area contributed by atoms with E-state index in [1.54, 1.807) is 0 Å². The largest absolute Gasteiger partial charge is 0.286 e. The summed E-state index contributed by atoms with van der Waals surface area (Å²) in [6.07, 6.45) is 14.0. The van der Waals surface area contributed by atoms with Gasteiger partial charge in [0.25, 0.3) is 0 Å². The molecule has 2 heteroatoms. The van der Waals surface area contributed by atoms with Crippen LogP contribution in [0.25, 0.3) is 12.2 Å². The minimum atomic E-state index is 0.908. The summed E-state index contributed by atoms with van der Waals surface area (Å²) in [7, 11) is 0. The highest BCUT2D eigenvalue weighted by Crippen LogP contribution is 2.28. The van der Waals surface area contributed by atoms with Crippen LogP contribution in [0.5, 0.6) is 0 Å². The lowest BCUT2D eigenvalue weighted by molar-refractivity contribution is 0.961. The van der Waals surface area contributed by atoms with Gasteiger partial charge in [-0.05, 0) is 37.5 Å². The molecule has 0 aliphatic carbocycles. The first-order valence-electron chi connectivity index (χ1n) is 6.47. The van der Waals surface area contributed by atoms with Gasteiger partial charge in [-0.3, -0.25) is 2.78 Å². The van der Waals surface area contributed by atoms with Crippen molar-refractivity contribution in [2.45, 2.75) is 40.0 Å². The fourth-order valence-corrected chi connectivity index (χ4v) is 3.00. The topological polar surface area (TPSA) is 4.93 Å². The lowest BCUT2D eigenvalue weighted by Crippen LogP contribution is -1.91. The van der Waals surface area contributed by atoms with Crippen LogP contribution < -0.4 is 0 Å². The lowest BCUT2D eigenvalue weighted by atomic mass is 10.1. The average Bonchev–Trinajstić information content (AvgIpc) is 2.57.